The van der Waals surface area contributed by atoms with E-state index in [1.165, 1.54) is 0 Å². The zero-order valence-electron chi connectivity index (χ0n) is 11.2. The number of nitrogen functional groups attached to an aromatic ring is 1. The van der Waals surface area contributed by atoms with Gasteiger partial charge in [-0.25, -0.2) is 24.2 Å². The van der Waals surface area contributed by atoms with Crippen LogP contribution >= 0.6 is 0 Å². The number of aromatic nitrogens is 2. The maximum atomic E-state index is 11.7. The lowest BCUT2D eigenvalue weighted by Crippen LogP contribution is -2.35. The van der Waals surface area contributed by atoms with Crippen molar-refractivity contribution < 1.29 is 8.42 Å². The van der Waals surface area contributed by atoms with Crippen LogP contribution in [-0.2, 0) is 9.84 Å². The van der Waals surface area contributed by atoms with Gasteiger partial charge < -0.3 is 10.7 Å². The Morgan fingerprint density at radius 3 is 2.60 bits per heavy atom. The Hall–Kier alpha value is -1.41. The molecule has 1 aromatic heterocycles. The van der Waals surface area contributed by atoms with Crippen LogP contribution < -0.4 is 16.6 Å². The molecular weight excluding hydrogens is 278 g/mol. The van der Waals surface area contributed by atoms with Gasteiger partial charge in [0.2, 0.25) is 0 Å². The van der Waals surface area contributed by atoms with Crippen molar-refractivity contribution in [2.75, 3.05) is 22.2 Å². The molecule has 0 amide bonds. The Kier molecular flexibility index (Phi) is 3.51. The maximum absolute atomic E-state index is 11.7. The van der Waals surface area contributed by atoms with Gasteiger partial charge in [-0.05, 0) is 25.7 Å². The summed E-state index contributed by atoms with van der Waals surface area (Å²) in [5.41, 5.74) is 2.53. The van der Waals surface area contributed by atoms with Gasteiger partial charge in [0.15, 0.2) is 9.84 Å². The highest BCUT2D eigenvalue weighted by Gasteiger charge is 2.28. The molecule has 20 heavy (non-hydrogen) atoms. The van der Waals surface area contributed by atoms with Crippen LogP contribution in [0.1, 0.15) is 37.4 Å². The summed E-state index contributed by atoms with van der Waals surface area (Å²) in [5, 5.41) is 3.21. The molecule has 3 rings (SSSR count). The summed E-state index contributed by atoms with van der Waals surface area (Å²) in [6.07, 6.45) is 3.74. The van der Waals surface area contributed by atoms with Gasteiger partial charge in [0.1, 0.15) is 17.5 Å². The lowest BCUT2D eigenvalue weighted by atomic mass is 10.2. The van der Waals surface area contributed by atoms with Gasteiger partial charge in [0.25, 0.3) is 0 Å². The van der Waals surface area contributed by atoms with Crippen LogP contribution in [0.2, 0.25) is 0 Å². The summed E-state index contributed by atoms with van der Waals surface area (Å²) in [5.74, 6) is 8.28. The van der Waals surface area contributed by atoms with Gasteiger partial charge in [-0.2, -0.15) is 0 Å². The van der Waals surface area contributed by atoms with Crippen LogP contribution in [0.4, 0.5) is 11.6 Å². The number of nitrogens with two attached hydrogens (primary N) is 1. The van der Waals surface area contributed by atoms with Crippen LogP contribution in [0, 0.1) is 0 Å². The van der Waals surface area contributed by atoms with Crippen molar-refractivity contribution in [3.8, 4) is 0 Å². The molecule has 0 radical (unpaired) electrons. The number of nitrogens with one attached hydrogen (secondary N) is 2. The SMILES string of the molecule is NNc1cc(NC2CCCS(=O)(=O)C2)nc(C2CC2)n1. The topological polar surface area (TPSA) is 110 Å². The number of hydrazine groups is 1. The summed E-state index contributed by atoms with van der Waals surface area (Å²) in [6, 6.07) is 1.63. The van der Waals surface area contributed by atoms with Gasteiger partial charge in [-0.1, -0.05) is 0 Å². The Balaban J connectivity index is 1.77. The fourth-order valence-corrected chi connectivity index (χ4v) is 4.12. The van der Waals surface area contributed by atoms with E-state index in [-0.39, 0.29) is 17.5 Å². The van der Waals surface area contributed by atoms with Crippen LogP contribution in [0.3, 0.4) is 0 Å². The molecule has 0 aromatic carbocycles. The molecule has 110 valence electrons. The van der Waals surface area contributed by atoms with Gasteiger partial charge >= 0.3 is 0 Å². The molecule has 1 aliphatic heterocycles. The average Bonchev–Trinajstić information content (AvgIpc) is 3.21. The standard InChI is InChI=1S/C12H19N5O2S/c13-17-11-6-10(15-12(16-11)8-3-4-8)14-9-2-1-5-20(18,19)7-9/h6,8-9H,1-5,7,13H2,(H2,14,15,16,17). The van der Waals surface area contributed by atoms with Gasteiger partial charge in [-0.15, -0.1) is 0 Å². The summed E-state index contributed by atoms with van der Waals surface area (Å²) in [4.78, 5) is 8.80. The number of hydrogen-bond acceptors (Lipinski definition) is 7. The molecule has 0 spiro atoms. The Morgan fingerprint density at radius 1 is 1.20 bits per heavy atom. The van der Waals surface area contributed by atoms with Crippen LogP contribution in [-0.4, -0.2) is 35.9 Å². The second-order valence-electron chi connectivity index (χ2n) is 5.51. The Morgan fingerprint density at radius 2 is 1.95 bits per heavy atom. The van der Waals surface area contributed by atoms with E-state index in [1.54, 1.807) is 6.07 Å². The normalized spacial score (nSPS) is 25.1. The minimum Gasteiger partial charge on any atom is -0.366 e. The first-order chi connectivity index (χ1) is 9.55. The van der Waals surface area contributed by atoms with Gasteiger partial charge in [-0.3, -0.25) is 0 Å². The second-order valence-corrected chi connectivity index (χ2v) is 7.74. The van der Waals surface area contributed by atoms with Crippen LogP contribution in [0.25, 0.3) is 0 Å². The Bertz CT molecular complexity index is 600. The molecule has 1 aliphatic carbocycles. The molecule has 8 heteroatoms. The van der Waals surface area contributed by atoms with Crippen molar-refractivity contribution in [1.29, 1.82) is 0 Å². The first-order valence-electron chi connectivity index (χ1n) is 6.88. The van der Waals surface area contributed by atoms with Crippen molar-refractivity contribution in [2.45, 2.75) is 37.6 Å². The zero-order chi connectivity index (χ0) is 14.2. The fourth-order valence-electron chi connectivity index (χ4n) is 2.48. The minimum atomic E-state index is -2.93. The number of sulfone groups is 1. The molecule has 1 unspecified atom stereocenters. The van der Waals surface area contributed by atoms with Crippen LogP contribution in [0.15, 0.2) is 6.07 Å². The smallest absolute Gasteiger partial charge is 0.152 e. The number of nitrogens with zero attached hydrogens (tertiary/aromatic N) is 2. The maximum Gasteiger partial charge on any atom is 0.152 e. The van der Waals surface area contributed by atoms with Crippen molar-refractivity contribution in [3.63, 3.8) is 0 Å². The number of hydrogen-bond donors (Lipinski definition) is 3. The van der Waals surface area contributed by atoms with Crippen molar-refractivity contribution in [3.05, 3.63) is 11.9 Å². The van der Waals surface area contributed by atoms with E-state index in [0.717, 1.165) is 25.1 Å². The highest BCUT2D eigenvalue weighted by Crippen LogP contribution is 2.38. The van der Waals surface area contributed by atoms with Crippen molar-refractivity contribution in [2.24, 2.45) is 5.84 Å². The molecule has 1 saturated heterocycles. The van der Waals surface area contributed by atoms with Gasteiger partial charge in [0, 0.05) is 18.0 Å². The molecule has 0 bridgehead atoms. The van der Waals surface area contributed by atoms with E-state index in [4.69, 9.17) is 5.84 Å². The van der Waals surface area contributed by atoms with E-state index in [1.807, 2.05) is 0 Å². The molecule has 2 aliphatic rings. The highest BCUT2D eigenvalue weighted by atomic mass is 32.2. The van der Waals surface area contributed by atoms with Crippen molar-refractivity contribution >= 4 is 21.5 Å². The summed E-state index contributed by atoms with van der Waals surface area (Å²) in [7, 11) is -2.93. The summed E-state index contributed by atoms with van der Waals surface area (Å²) in [6.45, 7) is 0. The predicted octanol–water partition coefficient (Wildman–Crippen LogP) is 0.629. The predicted molar refractivity (Wildman–Crippen MR) is 77.1 cm³/mol. The molecule has 2 heterocycles. The molecule has 2 fully saturated rings. The lowest BCUT2D eigenvalue weighted by molar-refractivity contribution is 0.561. The third-order valence-corrected chi connectivity index (χ3v) is 5.47. The lowest BCUT2D eigenvalue weighted by Gasteiger charge is -2.23. The van der Waals surface area contributed by atoms with E-state index in [0.29, 0.717) is 24.0 Å². The molecule has 4 N–H and O–H groups in total. The van der Waals surface area contributed by atoms with E-state index in [9.17, 15) is 8.42 Å². The second kappa shape index (κ2) is 5.17. The average molecular weight is 297 g/mol. The monoisotopic (exact) mass is 297 g/mol. The first kappa shape index (κ1) is 13.6. The van der Waals surface area contributed by atoms with Crippen LogP contribution in [0.5, 0.6) is 0 Å². The number of rotatable bonds is 4. The third kappa shape index (κ3) is 3.18. The minimum absolute atomic E-state index is 0.0821. The molecule has 7 nitrogen and oxygen atoms in total. The fraction of sp³-hybridized carbons (Fsp3) is 0.667. The largest absolute Gasteiger partial charge is 0.366 e. The quantitative estimate of drug-likeness (QED) is 0.552. The molecule has 1 aromatic rings. The highest BCUT2D eigenvalue weighted by molar-refractivity contribution is 7.91. The summed E-state index contributed by atoms with van der Waals surface area (Å²) >= 11 is 0. The number of anilines is 2. The zero-order valence-corrected chi connectivity index (χ0v) is 12.0. The third-order valence-electron chi connectivity index (χ3n) is 3.65. The van der Waals surface area contributed by atoms with E-state index in [2.05, 4.69) is 20.7 Å². The van der Waals surface area contributed by atoms with Gasteiger partial charge in [0.05, 0.1) is 11.5 Å². The summed E-state index contributed by atoms with van der Waals surface area (Å²) < 4.78 is 23.3. The van der Waals surface area contributed by atoms with E-state index < -0.39 is 9.84 Å². The molecule has 1 saturated carbocycles. The van der Waals surface area contributed by atoms with E-state index >= 15 is 0 Å². The Labute approximate surface area is 118 Å². The van der Waals surface area contributed by atoms with Crippen molar-refractivity contribution in [1.82, 2.24) is 9.97 Å². The molecule has 1 atom stereocenters. The first-order valence-corrected chi connectivity index (χ1v) is 8.70. The molecular formula is C12H19N5O2S.